The predicted octanol–water partition coefficient (Wildman–Crippen LogP) is 4.99. The number of ether oxygens (including phenoxy) is 1. The lowest BCUT2D eigenvalue weighted by atomic mass is 9.93. The third-order valence-corrected chi connectivity index (χ3v) is 6.70. The molecule has 0 saturated carbocycles. The molecule has 3 heterocycles. The molecule has 4 aromatic rings. The highest BCUT2D eigenvalue weighted by Gasteiger charge is 2.38. The number of hydrogen-bond acceptors (Lipinski definition) is 6. The summed E-state index contributed by atoms with van der Waals surface area (Å²) in [6.45, 7) is 3.86. The van der Waals surface area contributed by atoms with Crippen molar-refractivity contribution in [2.45, 2.75) is 39.2 Å². The largest absolute Gasteiger partial charge is 0.457 e. The molecule has 1 saturated heterocycles. The van der Waals surface area contributed by atoms with Crippen molar-refractivity contribution < 1.29 is 13.9 Å². The number of para-hydroxylation sites is 1. The number of rotatable bonds is 6. The fourth-order valence-electron chi connectivity index (χ4n) is 4.77. The van der Waals surface area contributed by atoms with Gasteiger partial charge in [-0.1, -0.05) is 18.2 Å². The molecule has 0 radical (unpaired) electrons. The Morgan fingerprint density at radius 3 is 2.76 bits per heavy atom. The Hall–Kier alpha value is -4.45. The van der Waals surface area contributed by atoms with Crippen LogP contribution in [0.4, 0.5) is 10.2 Å². The molecule has 0 spiro atoms. The minimum absolute atomic E-state index is 0.125. The molecule has 37 heavy (non-hydrogen) atoms. The summed E-state index contributed by atoms with van der Waals surface area (Å²) in [6.07, 6.45) is 5.38. The molecule has 0 unspecified atom stereocenters. The van der Waals surface area contributed by atoms with Crippen LogP contribution in [0.15, 0.2) is 60.9 Å². The summed E-state index contributed by atoms with van der Waals surface area (Å²) >= 11 is 0. The van der Waals surface area contributed by atoms with Gasteiger partial charge in [0.1, 0.15) is 45.6 Å². The van der Waals surface area contributed by atoms with Crippen LogP contribution < -0.4 is 10.5 Å². The summed E-state index contributed by atoms with van der Waals surface area (Å²) in [7, 11) is 0. The first-order chi connectivity index (χ1) is 17.8. The van der Waals surface area contributed by atoms with Gasteiger partial charge >= 0.3 is 0 Å². The SMILES string of the molecule is CC(C)(C#N)C(=O)N1CCC[C@H]1Cc1nc(-c2ccc(Oc3ccccc3)cc2F)c2c(N)nccn12. The molecule has 2 N–H and O–H groups in total. The van der Waals surface area contributed by atoms with Gasteiger partial charge < -0.3 is 15.4 Å². The maximum Gasteiger partial charge on any atom is 0.242 e. The standard InChI is InChI=1S/C28H27FN6O2/c1-28(2,17-30)27(36)34-13-6-7-18(34)15-23-33-24(25-26(31)32-12-14-35(23)25)21-11-10-20(16-22(21)29)37-19-8-4-3-5-9-19/h3-5,8-12,14,16,18H,6-7,13,15H2,1-2H3,(H2,31,32)/t18-/m0/s1. The highest BCUT2D eigenvalue weighted by Crippen LogP contribution is 2.34. The average Bonchev–Trinajstić information content (AvgIpc) is 3.50. The molecule has 188 valence electrons. The summed E-state index contributed by atoms with van der Waals surface area (Å²) in [4.78, 5) is 23.8. The first kappa shape index (κ1) is 24.3. The van der Waals surface area contributed by atoms with Gasteiger partial charge in [-0.15, -0.1) is 0 Å². The number of amides is 1. The Balaban J connectivity index is 1.50. The van der Waals surface area contributed by atoms with Gasteiger partial charge in [-0.3, -0.25) is 9.20 Å². The van der Waals surface area contributed by atoms with E-state index >= 15 is 4.39 Å². The molecular weight excluding hydrogens is 471 g/mol. The third kappa shape index (κ3) is 4.58. The molecule has 2 aromatic carbocycles. The number of aromatic nitrogens is 3. The number of carbonyl (C=O) groups excluding carboxylic acids is 1. The van der Waals surface area contributed by atoms with Crippen LogP contribution in [0.5, 0.6) is 11.5 Å². The van der Waals surface area contributed by atoms with E-state index in [1.54, 1.807) is 55.4 Å². The summed E-state index contributed by atoms with van der Waals surface area (Å²) < 4.78 is 22.9. The molecule has 1 atom stereocenters. The predicted molar refractivity (Wildman–Crippen MR) is 137 cm³/mol. The van der Waals surface area contributed by atoms with Crippen LogP contribution in [0.3, 0.4) is 0 Å². The van der Waals surface area contributed by atoms with Gasteiger partial charge in [-0.05, 0) is 51.0 Å². The minimum atomic E-state index is -1.11. The van der Waals surface area contributed by atoms with Gasteiger partial charge in [0.05, 0.1) is 6.07 Å². The second-order valence-corrected chi connectivity index (χ2v) is 9.70. The molecule has 9 heteroatoms. The number of fused-ring (bicyclic) bond motifs is 1. The average molecular weight is 499 g/mol. The van der Waals surface area contributed by atoms with Crippen molar-refractivity contribution in [3.05, 3.63) is 72.6 Å². The molecule has 5 rings (SSSR count). The number of imidazole rings is 1. The maximum atomic E-state index is 15.4. The lowest BCUT2D eigenvalue weighted by Crippen LogP contribution is -2.44. The molecule has 1 aliphatic rings. The van der Waals surface area contributed by atoms with Crippen molar-refractivity contribution in [3.63, 3.8) is 0 Å². The highest BCUT2D eigenvalue weighted by molar-refractivity contribution is 5.86. The van der Waals surface area contributed by atoms with Crippen LogP contribution in [-0.4, -0.2) is 37.8 Å². The monoisotopic (exact) mass is 498 g/mol. The van der Waals surface area contributed by atoms with Gasteiger partial charge in [-0.25, -0.2) is 14.4 Å². The van der Waals surface area contributed by atoms with Crippen LogP contribution in [-0.2, 0) is 11.2 Å². The number of anilines is 1. The molecule has 8 nitrogen and oxygen atoms in total. The fourth-order valence-corrected chi connectivity index (χ4v) is 4.77. The number of nitrogens with two attached hydrogens (primary N) is 1. The van der Waals surface area contributed by atoms with E-state index in [2.05, 4.69) is 11.1 Å². The zero-order valence-corrected chi connectivity index (χ0v) is 20.7. The Morgan fingerprint density at radius 2 is 2.03 bits per heavy atom. The lowest BCUT2D eigenvalue weighted by Gasteiger charge is -2.29. The van der Waals surface area contributed by atoms with Crippen molar-refractivity contribution in [2.75, 3.05) is 12.3 Å². The first-order valence-corrected chi connectivity index (χ1v) is 12.1. The molecule has 1 fully saturated rings. The van der Waals surface area contributed by atoms with Gasteiger partial charge in [0.25, 0.3) is 0 Å². The van der Waals surface area contributed by atoms with Crippen LogP contribution in [0.25, 0.3) is 16.8 Å². The zero-order valence-electron chi connectivity index (χ0n) is 20.7. The lowest BCUT2D eigenvalue weighted by molar-refractivity contribution is -0.138. The van der Waals surface area contributed by atoms with Gasteiger partial charge in [0.2, 0.25) is 5.91 Å². The number of carbonyl (C=O) groups is 1. The topological polar surface area (TPSA) is 110 Å². The van der Waals surface area contributed by atoms with E-state index in [1.807, 2.05) is 22.6 Å². The molecule has 2 aromatic heterocycles. The number of nitriles is 1. The molecule has 1 aliphatic heterocycles. The number of benzene rings is 2. The Labute approximate surface area is 214 Å². The third-order valence-electron chi connectivity index (χ3n) is 6.70. The van der Waals surface area contributed by atoms with Crippen molar-refractivity contribution in [1.29, 1.82) is 5.26 Å². The van der Waals surface area contributed by atoms with Gasteiger partial charge in [0.15, 0.2) is 0 Å². The minimum Gasteiger partial charge on any atom is -0.457 e. The summed E-state index contributed by atoms with van der Waals surface area (Å²) in [5.41, 5.74) is 6.27. The Morgan fingerprint density at radius 1 is 1.24 bits per heavy atom. The van der Waals surface area contributed by atoms with Crippen LogP contribution in [0.2, 0.25) is 0 Å². The second kappa shape index (κ2) is 9.54. The van der Waals surface area contributed by atoms with Crippen molar-refractivity contribution in [3.8, 4) is 28.8 Å². The highest BCUT2D eigenvalue weighted by atomic mass is 19.1. The maximum absolute atomic E-state index is 15.4. The quantitative estimate of drug-likeness (QED) is 0.401. The molecular formula is C28H27FN6O2. The normalized spacial score (nSPS) is 15.6. The number of nitrogens with zero attached hydrogens (tertiary/aromatic N) is 5. The smallest absolute Gasteiger partial charge is 0.242 e. The van der Waals surface area contributed by atoms with E-state index in [1.165, 1.54) is 6.07 Å². The van der Waals surface area contributed by atoms with E-state index in [4.69, 9.17) is 15.5 Å². The Kier molecular flexibility index (Phi) is 6.25. The van der Waals surface area contributed by atoms with E-state index in [0.717, 1.165) is 12.8 Å². The van der Waals surface area contributed by atoms with E-state index in [0.29, 0.717) is 41.5 Å². The van der Waals surface area contributed by atoms with Crippen LogP contribution in [0, 0.1) is 22.6 Å². The van der Waals surface area contributed by atoms with Crippen LogP contribution >= 0.6 is 0 Å². The summed E-state index contributed by atoms with van der Waals surface area (Å²) in [6, 6.07) is 15.7. The fraction of sp³-hybridized carbons (Fsp3) is 0.286. The molecule has 0 aliphatic carbocycles. The molecule has 1 amide bonds. The van der Waals surface area contributed by atoms with Crippen LogP contribution in [0.1, 0.15) is 32.5 Å². The number of hydrogen-bond donors (Lipinski definition) is 1. The number of nitrogen functional groups attached to an aromatic ring is 1. The van der Waals surface area contributed by atoms with Crippen molar-refractivity contribution in [2.24, 2.45) is 5.41 Å². The van der Waals surface area contributed by atoms with Gasteiger partial charge in [-0.2, -0.15) is 5.26 Å². The van der Waals surface area contributed by atoms with Gasteiger partial charge in [0, 0.05) is 43.0 Å². The van der Waals surface area contributed by atoms with E-state index < -0.39 is 11.2 Å². The van der Waals surface area contributed by atoms with Crippen molar-refractivity contribution >= 4 is 17.2 Å². The van der Waals surface area contributed by atoms with E-state index in [-0.39, 0.29) is 23.3 Å². The second-order valence-electron chi connectivity index (χ2n) is 9.70. The molecule has 0 bridgehead atoms. The Bertz CT molecular complexity index is 1510. The van der Waals surface area contributed by atoms with Crippen molar-refractivity contribution in [1.82, 2.24) is 19.3 Å². The summed E-state index contributed by atoms with van der Waals surface area (Å²) in [5, 5.41) is 9.45. The summed E-state index contributed by atoms with van der Waals surface area (Å²) in [5.74, 6) is 1.14. The van der Waals surface area contributed by atoms with E-state index in [9.17, 15) is 10.1 Å². The number of likely N-dealkylation sites (tertiary alicyclic amines) is 1. The number of halogens is 1. The zero-order chi connectivity index (χ0) is 26.2. The first-order valence-electron chi connectivity index (χ1n) is 12.1.